The van der Waals surface area contributed by atoms with Gasteiger partial charge in [-0.25, -0.2) is 9.18 Å². The average Bonchev–Trinajstić information content (AvgIpc) is 2.16. The van der Waals surface area contributed by atoms with Gasteiger partial charge in [-0.2, -0.15) is 0 Å². The number of hydrogen-bond acceptors (Lipinski definition) is 1. The third-order valence-corrected chi connectivity index (χ3v) is 2.14. The SMILES string of the molecule is CC(C)NC(=O)NC(C)c1ccccc1F. The van der Waals surface area contributed by atoms with Crippen molar-refractivity contribution in [2.24, 2.45) is 0 Å². The van der Waals surface area contributed by atoms with E-state index in [2.05, 4.69) is 10.6 Å². The molecule has 0 fully saturated rings. The van der Waals surface area contributed by atoms with Gasteiger partial charge < -0.3 is 10.6 Å². The highest BCUT2D eigenvalue weighted by atomic mass is 19.1. The van der Waals surface area contributed by atoms with Crippen LogP contribution < -0.4 is 10.6 Å². The van der Waals surface area contributed by atoms with E-state index in [1.54, 1.807) is 25.1 Å². The Labute approximate surface area is 95.0 Å². The lowest BCUT2D eigenvalue weighted by atomic mass is 10.1. The predicted octanol–water partition coefficient (Wildman–Crippen LogP) is 2.59. The molecule has 2 amide bonds. The summed E-state index contributed by atoms with van der Waals surface area (Å²) < 4.78 is 13.4. The molecule has 88 valence electrons. The summed E-state index contributed by atoms with van der Waals surface area (Å²) in [5.74, 6) is -0.306. The molecule has 0 spiro atoms. The Hall–Kier alpha value is -1.58. The fourth-order valence-electron chi connectivity index (χ4n) is 1.40. The molecular formula is C12H17FN2O. The van der Waals surface area contributed by atoms with Gasteiger partial charge in [-0.15, -0.1) is 0 Å². The number of carbonyl (C=O) groups is 1. The molecule has 1 unspecified atom stereocenters. The van der Waals surface area contributed by atoms with Crippen LogP contribution in [0.5, 0.6) is 0 Å². The smallest absolute Gasteiger partial charge is 0.315 e. The van der Waals surface area contributed by atoms with Gasteiger partial charge in [0, 0.05) is 11.6 Å². The summed E-state index contributed by atoms with van der Waals surface area (Å²) in [5, 5.41) is 5.37. The molecule has 0 aliphatic carbocycles. The molecular weight excluding hydrogens is 207 g/mol. The quantitative estimate of drug-likeness (QED) is 0.814. The number of nitrogens with one attached hydrogen (secondary N) is 2. The highest BCUT2D eigenvalue weighted by molar-refractivity contribution is 5.74. The zero-order valence-electron chi connectivity index (χ0n) is 9.75. The van der Waals surface area contributed by atoms with Crippen LogP contribution in [0.3, 0.4) is 0 Å². The minimum Gasteiger partial charge on any atom is -0.336 e. The highest BCUT2D eigenvalue weighted by Gasteiger charge is 2.12. The van der Waals surface area contributed by atoms with Gasteiger partial charge in [0.2, 0.25) is 0 Å². The third kappa shape index (κ3) is 3.53. The largest absolute Gasteiger partial charge is 0.336 e. The van der Waals surface area contributed by atoms with Crippen LogP contribution in [0.4, 0.5) is 9.18 Å². The van der Waals surface area contributed by atoms with Gasteiger partial charge in [0.1, 0.15) is 5.82 Å². The van der Waals surface area contributed by atoms with Crippen molar-refractivity contribution in [3.8, 4) is 0 Å². The Balaban J connectivity index is 2.62. The summed E-state index contributed by atoms with van der Waals surface area (Å²) in [6.07, 6.45) is 0. The minimum atomic E-state index is -0.347. The predicted molar refractivity (Wildman–Crippen MR) is 61.6 cm³/mol. The molecule has 0 aliphatic heterocycles. The molecule has 1 aromatic carbocycles. The lowest BCUT2D eigenvalue weighted by molar-refractivity contribution is 0.235. The standard InChI is InChI=1S/C12H17FN2O/c1-8(2)14-12(16)15-9(3)10-6-4-5-7-11(10)13/h4-9H,1-3H3,(H2,14,15,16). The van der Waals surface area contributed by atoms with Gasteiger partial charge >= 0.3 is 6.03 Å². The van der Waals surface area contributed by atoms with Crippen molar-refractivity contribution in [1.82, 2.24) is 10.6 Å². The highest BCUT2D eigenvalue weighted by Crippen LogP contribution is 2.15. The van der Waals surface area contributed by atoms with E-state index in [9.17, 15) is 9.18 Å². The van der Waals surface area contributed by atoms with E-state index in [0.29, 0.717) is 5.56 Å². The fraction of sp³-hybridized carbons (Fsp3) is 0.417. The second kappa shape index (κ2) is 5.49. The maximum Gasteiger partial charge on any atom is 0.315 e. The van der Waals surface area contributed by atoms with Gasteiger partial charge in [0.25, 0.3) is 0 Å². The molecule has 16 heavy (non-hydrogen) atoms. The molecule has 0 saturated heterocycles. The third-order valence-electron chi connectivity index (χ3n) is 2.14. The van der Waals surface area contributed by atoms with Gasteiger partial charge in [-0.05, 0) is 26.8 Å². The molecule has 0 aliphatic rings. The number of benzene rings is 1. The summed E-state index contributed by atoms with van der Waals surface area (Å²) in [4.78, 5) is 11.4. The summed E-state index contributed by atoms with van der Waals surface area (Å²) in [5.41, 5.74) is 0.487. The Kier molecular flexibility index (Phi) is 4.28. The second-order valence-electron chi connectivity index (χ2n) is 4.02. The lowest BCUT2D eigenvalue weighted by Crippen LogP contribution is -2.40. The Bertz CT molecular complexity index is 366. The molecule has 0 radical (unpaired) electrons. The van der Waals surface area contributed by atoms with E-state index in [1.807, 2.05) is 13.8 Å². The Morgan fingerprint density at radius 3 is 2.38 bits per heavy atom. The monoisotopic (exact) mass is 224 g/mol. The average molecular weight is 224 g/mol. The number of urea groups is 1. The van der Waals surface area contributed by atoms with Crippen LogP contribution in [-0.4, -0.2) is 12.1 Å². The van der Waals surface area contributed by atoms with E-state index < -0.39 is 0 Å². The molecule has 2 N–H and O–H groups in total. The zero-order chi connectivity index (χ0) is 12.1. The summed E-state index contributed by atoms with van der Waals surface area (Å²) in [6.45, 7) is 5.49. The zero-order valence-corrected chi connectivity index (χ0v) is 9.75. The lowest BCUT2D eigenvalue weighted by Gasteiger charge is -2.16. The van der Waals surface area contributed by atoms with Gasteiger partial charge in [0.05, 0.1) is 6.04 Å². The topological polar surface area (TPSA) is 41.1 Å². The summed E-state index contributed by atoms with van der Waals surface area (Å²) in [7, 11) is 0. The van der Waals surface area contributed by atoms with Crippen molar-refractivity contribution in [2.75, 3.05) is 0 Å². The van der Waals surface area contributed by atoms with Crippen molar-refractivity contribution in [3.05, 3.63) is 35.6 Å². The molecule has 0 aromatic heterocycles. The van der Waals surface area contributed by atoms with E-state index in [-0.39, 0.29) is 23.9 Å². The molecule has 1 rings (SSSR count). The normalized spacial score (nSPS) is 12.3. The minimum absolute atomic E-state index is 0.0628. The van der Waals surface area contributed by atoms with Crippen LogP contribution in [-0.2, 0) is 0 Å². The van der Waals surface area contributed by atoms with Crippen LogP contribution in [0.15, 0.2) is 24.3 Å². The summed E-state index contributed by atoms with van der Waals surface area (Å²) in [6, 6.07) is 5.85. The first-order chi connectivity index (χ1) is 7.50. The van der Waals surface area contributed by atoms with Crippen molar-refractivity contribution < 1.29 is 9.18 Å². The van der Waals surface area contributed by atoms with Gasteiger partial charge in [-0.3, -0.25) is 0 Å². The van der Waals surface area contributed by atoms with Crippen molar-refractivity contribution in [2.45, 2.75) is 32.9 Å². The van der Waals surface area contributed by atoms with E-state index in [4.69, 9.17) is 0 Å². The molecule has 3 nitrogen and oxygen atoms in total. The first kappa shape index (κ1) is 12.5. The van der Waals surface area contributed by atoms with Crippen LogP contribution >= 0.6 is 0 Å². The first-order valence-electron chi connectivity index (χ1n) is 5.32. The second-order valence-corrected chi connectivity index (χ2v) is 4.02. The molecule has 1 atom stereocenters. The van der Waals surface area contributed by atoms with Crippen molar-refractivity contribution >= 4 is 6.03 Å². The molecule has 0 saturated carbocycles. The number of carbonyl (C=O) groups excluding carboxylic acids is 1. The summed E-state index contributed by atoms with van der Waals surface area (Å²) >= 11 is 0. The van der Waals surface area contributed by atoms with Gasteiger partial charge in [-0.1, -0.05) is 18.2 Å². The first-order valence-corrected chi connectivity index (χ1v) is 5.32. The van der Waals surface area contributed by atoms with E-state index >= 15 is 0 Å². The van der Waals surface area contributed by atoms with Crippen molar-refractivity contribution in [3.63, 3.8) is 0 Å². The van der Waals surface area contributed by atoms with E-state index in [1.165, 1.54) is 6.07 Å². The Morgan fingerprint density at radius 2 is 1.81 bits per heavy atom. The number of hydrogen-bond donors (Lipinski definition) is 2. The Morgan fingerprint density at radius 1 is 1.19 bits per heavy atom. The van der Waals surface area contributed by atoms with Gasteiger partial charge in [0.15, 0.2) is 0 Å². The maximum absolute atomic E-state index is 13.4. The molecule has 0 heterocycles. The number of halogens is 1. The molecule has 1 aromatic rings. The van der Waals surface area contributed by atoms with Crippen LogP contribution in [0.25, 0.3) is 0 Å². The van der Waals surface area contributed by atoms with Crippen molar-refractivity contribution in [1.29, 1.82) is 0 Å². The van der Waals surface area contributed by atoms with Crippen LogP contribution in [0.1, 0.15) is 32.4 Å². The number of amides is 2. The maximum atomic E-state index is 13.4. The fourth-order valence-corrected chi connectivity index (χ4v) is 1.40. The van der Waals surface area contributed by atoms with Crippen LogP contribution in [0.2, 0.25) is 0 Å². The molecule has 0 bridgehead atoms. The van der Waals surface area contributed by atoms with Crippen LogP contribution in [0, 0.1) is 5.82 Å². The number of rotatable bonds is 3. The molecule has 4 heteroatoms. The van der Waals surface area contributed by atoms with E-state index in [0.717, 1.165) is 0 Å².